The Labute approximate surface area is 143 Å². The summed E-state index contributed by atoms with van der Waals surface area (Å²) in [5.41, 5.74) is 1.81. The van der Waals surface area contributed by atoms with E-state index >= 15 is 0 Å². The van der Waals surface area contributed by atoms with Crippen molar-refractivity contribution in [3.8, 4) is 0 Å². The fraction of sp³-hybridized carbons (Fsp3) is 0.579. The fourth-order valence-corrected chi connectivity index (χ4v) is 3.17. The zero-order valence-electron chi connectivity index (χ0n) is 14.4. The molecule has 1 aliphatic heterocycles. The molecule has 1 aromatic carbocycles. The summed E-state index contributed by atoms with van der Waals surface area (Å²) in [5, 5.41) is 5.96. The molecule has 0 radical (unpaired) electrons. The van der Waals surface area contributed by atoms with E-state index < -0.39 is 0 Å². The highest BCUT2D eigenvalue weighted by Gasteiger charge is 2.25. The van der Waals surface area contributed by atoms with Crippen LogP contribution in [0.15, 0.2) is 24.3 Å². The first-order valence-electron chi connectivity index (χ1n) is 9.04. The van der Waals surface area contributed by atoms with E-state index in [-0.39, 0.29) is 17.9 Å². The molecule has 2 aliphatic rings. The Morgan fingerprint density at radius 3 is 2.58 bits per heavy atom. The molecule has 1 saturated heterocycles. The van der Waals surface area contributed by atoms with Crippen LogP contribution in [0.2, 0.25) is 0 Å². The average molecular weight is 329 g/mol. The molecule has 1 saturated carbocycles. The molecule has 0 spiro atoms. The van der Waals surface area contributed by atoms with Crippen LogP contribution < -0.4 is 10.6 Å². The number of urea groups is 1. The van der Waals surface area contributed by atoms with Crippen molar-refractivity contribution in [2.45, 2.75) is 45.6 Å². The van der Waals surface area contributed by atoms with Gasteiger partial charge in [-0.25, -0.2) is 4.79 Å². The third-order valence-corrected chi connectivity index (χ3v) is 5.19. The van der Waals surface area contributed by atoms with Crippen LogP contribution in [-0.4, -0.2) is 29.9 Å². The summed E-state index contributed by atoms with van der Waals surface area (Å²) < 4.78 is 0. The van der Waals surface area contributed by atoms with Crippen molar-refractivity contribution < 1.29 is 9.59 Å². The molecule has 3 amide bonds. The van der Waals surface area contributed by atoms with E-state index in [9.17, 15) is 9.59 Å². The Hall–Kier alpha value is -2.04. The highest BCUT2D eigenvalue weighted by molar-refractivity contribution is 5.93. The van der Waals surface area contributed by atoms with Gasteiger partial charge in [-0.05, 0) is 49.3 Å². The molecule has 1 aromatic rings. The number of nitrogens with zero attached hydrogens (tertiary/aromatic N) is 1. The number of carbonyl (C=O) groups is 2. The summed E-state index contributed by atoms with van der Waals surface area (Å²) in [6.45, 7) is 4.39. The second kappa shape index (κ2) is 7.69. The van der Waals surface area contributed by atoms with Gasteiger partial charge in [0.2, 0.25) is 5.91 Å². The van der Waals surface area contributed by atoms with Gasteiger partial charge in [0.25, 0.3) is 0 Å². The number of benzene rings is 1. The lowest BCUT2D eigenvalue weighted by molar-refractivity contribution is -0.122. The molecule has 1 aliphatic carbocycles. The van der Waals surface area contributed by atoms with Crippen molar-refractivity contribution in [1.82, 2.24) is 10.2 Å². The SMILES string of the molecule is CC1CCN(C(=O)NCc2cccc(NC(=O)C3CCC3)c2)CC1. The molecule has 3 rings (SSSR count). The van der Waals surface area contributed by atoms with Gasteiger partial charge in [0.15, 0.2) is 0 Å². The monoisotopic (exact) mass is 329 g/mol. The predicted molar refractivity (Wildman–Crippen MR) is 94.6 cm³/mol. The Morgan fingerprint density at radius 2 is 1.92 bits per heavy atom. The third kappa shape index (κ3) is 4.28. The summed E-state index contributed by atoms with van der Waals surface area (Å²) in [4.78, 5) is 26.1. The van der Waals surface area contributed by atoms with E-state index in [1.807, 2.05) is 29.2 Å². The minimum absolute atomic E-state index is 0.00538. The molecule has 130 valence electrons. The second-order valence-electron chi connectivity index (χ2n) is 7.15. The van der Waals surface area contributed by atoms with Crippen molar-refractivity contribution in [3.63, 3.8) is 0 Å². The van der Waals surface area contributed by atoms with Crippen molar-refractivity contribution in [3.05, 3.63) is 29.8 Å². The average Bonchev–Trinajstić information content (AvgIpc) is 2.52. The molecule has 1 heterocycles. The van der Waals surface area contributed by atoms with Crippen LogP contribution in [0.25, 0.3) is 0 Å². The Balaban J connectivity index is 1.49. The van der Waals surface area contributed by atoms with Crippen LogP contribution >= 0.6 is 0 Å². The van der Waals surface area contributed by atoms with E-state index in [0.717, 1.165) is 56.4 Å². The van der Waals surface area contributed by atoms with E-state index in [4.69, 9.17) is 0 Å². The highest BCUT2D eigenvalue weighted by Crippen LogP contribution is 2.27. The van der Waals surface area contributed by atoms with Crippen molar-refractivity contribution >= 4 is 17.6 Å². The molecule has 0 atom stereocenters. The van der Waals surface area contributed by atoms with E-state index in [0.29, 0.717) is 12.5 Å². The normalized spacial score (nSPS) is 18.8. The van der Waals surface area contributed by atoms with Gasteiger partial charge in [0.1, 0.15) is 0 Å². The maximum Gasteiger partial charge on any atom is 0.317 e. The standard InChI is InChI=1S/C19H27N3O2/c1-14-8-10-22(11-9-14)19(24)20-13-15-4-2-7-17(12-15)21-18(23)16-5-3-6-16/h2,4,7,12,14,16H,3,5-6,8-11,13H2,1H3,(H,20,24)(H,21,23). The molecule has 5 heteroatoms. The number of nitrogens with one attached hydrogen (secondary N) is 2. The second-order valence-corrected chi connectivity index (χ2v) is 7.15. The fourth-order valence-electron chi connectivity index (χ4n) is 3.17. The number of likely N-dealkylation sites (tertiary alicyclic amines) is 1. The molecular weight excluding hydrogens is 302 g/mol. The number of hydrogen-bond donors (Lipinski definition) is 2. The molecule has 24 heavy (non-hydrogen) atoms. The number of carbonyl (C=O) groups excluding carboxylic acids is 2. The van der Waals surface area contributed by atoms with Gasteiger partial charge in [-0.2, -0.15) is 0 Å². The van der Waals surface area contributed by atoms with Gasteiger partial charge in [0.05, 0.1) is 0 Å². The first-order valence-corrected chi connectivity index (χ1v) is 9.04. The van der Waals surface area contributed by atoms with Gasteiger partial charge in [0, 0.05) is 31.2 Å². The Kier molecular flexibility index (Phi) is 5.38. The maximum atomic E-state index is 12.2. The van der Waals surface area contributed by atoms with Gasteiger partial charge >= 0.3 is 6.03 Å². The molecular formula is C19H27N3O2. The zero-order valence-corrected chi connectivity index (χ0v) is 14.4. The molecule has 0 unspecified atom stereocenters. The summed E-state index contributed by atoms with van der Waals surface area (Å²) >= 11 is 0. The molecule has 5 nitrogen and oxygen atoms in total. The van der Waals surface area contributed by atoms with Crippen LogP contribution in [0, 0.1) is 11.8 Å². The highest BCUT2D eigenvalue weighted by atomic mass is 16.2. The van der Waals surface area contributed by atoms with Crippen LogP contribution in [-0.2, 0) is 11.3 Å². The minimum atomic E-state index is 0.00538. The topological polar surface area (TPSA) is 61.4 Å². The van der Waals surface area contributed by atoms with Gasteiger partial charge in [-0.3, -0.25) is 4.79 Å². The van der Waals surface area contributed by atoms with E-state index in [1.165, 1.54) is 0 Å². The third-order valence-electron chi connectivity index (χ3n) is 5.19. The Morgan fingerprint density at radius 1 is 1.17 bits per heavy atom. The first-order chi connectivity index (χ1) is 11.6. The minimum Gasteiger partial charge on any atom is -0.334 e. The zero-order chi connectivity index (χ0) is 16.9. The van der Waals surface area contributed by atoms with Gasteiger partial charge in [-0.15, -0.1) is 0 Å². The van der Waals surface area contributed by atoms with Crippen molar-refractivity contribution in [2.24, 2.45) is 11.8 Å². The summed E-state index contributed by atoms with van der Waals surface area (Å²) in [6.07, 6.45) is 5.30. The number of hydrogen-bond acceptors (Lipinski definition) is 2. The largest absolute Gasteiger partial charge is 0.334 e. The lowest BCUT2D eigenvalue weighted by atomic mass is 9.85. The molecule has 2 N–H and O–H groups in total. The summed E-state index contributed by atoms with van der Waals surface area (Å²) in [7, 11) is 0. The van der Waals surface area contributed by atoms with Crippen LogP contribution in [0.5, 0.6) is 0 Å². The number of rotatable bonds is 4. The number of piperidine rings is 1. The lowest BCUT2D eigenvalue weighted by Crippen LogP contribution is -2.43. The predicted octanol–water partition coefficient (Wildman–Crippen LogP) is 3.37. The maximum absolute atomic E-state index is 12.2. The van der Waals surface area contributed by atoms with Crippen molar-refractivity contribution in [2.75, 3.05) is 18.4 Å². The van der Waals surface area contributed by atoms with Gasteiger partial charge in [-0.1, -0.05) is 25.5 Å². The molecule has 2 fully saturated rings. The molecule has 0 aromatic heterocycles. The van der Waals surface area contributed by atoms with E-state index in [2.05, 4.69) is 17.6 Å². The quantitative estimate of drug-likeness (QED) is 0.890. The van der Waals surface area contributed by atoms with Crippen molar-refractivity contribution in [1.29, 1.82) is 0 Å². The Bertz CT molecular complexity index is 590. The van der Waals surface area contributed by atoms with Gasteiger partial charge < -0.3 is 15.5 Å². The summed E-state index contributed by atoms with van der Waals surface area (Å²) in [5.74, 6) is 1.00. The van der Waals surface area contributed by atoms with Crippen LogP contribution in [0.4, 0.5) is 10.5 Å². The first kappa shape index (κ1) is 16.8. The number of amides is 3. The lowest BCUT2D eigenvalue weighted by Gasteiger charge is -2.30. The van der Waals surface area contributed by atoms with E-state index in [1.54, 1.807) is 0 Å². The van der Waals surface area contributed by atoms with Crippen LogP contribution in [0.1, 0.15) is 44.6 Å². The summed E-state index contributed by atoms with van der Waals surface area (Å²) in [6, 6.07) is 7.73. The van der Waals surface area contributed by atoms with Crippen LogP contribution in [0.3, 0.4) is 0 Å². The molecule has 0 bridgehead atoms. The number of anilines is 1. The smallest absolute Gasteiger partial charge is 0.317 e.